The molecule has 7 nitrogen and oxygen atoms in total. The largest absolute Gasteiger partial charge is 0.458 e. The first-order valence-corrected chi connectivity index (χ1v) is 10.9. The Bertz CT molecular complexity index is 1370. The second-order valence-corrected chi connectivity index (χ2v) is 9.97. The number of para-hydroxylation sites is 1. The summed E-state index contributed by atoms with van der Waals surface area (Å²) in [4.78, 5) is 30.8. The highest BCUT2D eigenvalue weighted by Crippen LogP contribution is 2.45. The maximum atomic E-state index is 13.5. The van der Waals surface area contributed by atoms with Crippen LogP contribution in [0.3, 0.4) is 0 Å². The Hall–Kier alpha value is -3.19. The molecule has 1 aromatic carbocycles. The Morgan fingerprint density at radius 1 is 1.22 bits per heavy atom. The molecule has 3 aromatic rings. The predicted octanol–water partition coefficient (Wildman–Crippen LogP) is 3.25. The number of hydrogen-bond acceptors (Lipinski definition) is 6. The van der Waals surface area contributed by atoms with E-state index < -0.39 is 11.6 Å². The van der Waals surface area contributed by atoms with Crippen LogP contribution >= 0.6 is 0 Å². The Balaban J connectivity index is 1.87. The Kier molecular flexibility index (Phi) is 4.30. The lowest BCUT2D eigenvalue weighted by Gasteiger charge is -2.33. The van der Waals surface area contributed by atoms with Gasteiger partial charge in [0.25, 0.3) is 5.56 Å². The van der Waals surface area contributed by atoms with E-state index >= 15 is 0 Å². The average Bonchev–Trinajstić information content (AvgIpc) is 3.13. The summed E-state index contributed by atoms with van der Waals surface area (Å²) in [6, 6.07) is 7.95. The van der Waals surface area contributed by atoms with Gasteiger partial charge in [0.15, 0.2) is 5.60 Å². The molecule has 0 radical (unpaired) electrons. The Morgan fingerprint density at radius 2 is 1.94 bits per heavy atom. The molecular formula is C25H27N3O4. The molecule has 5 rings (SSSR count). The summed E-state index contributed by atoms with van der Waals surface area (Å²) in [6.45, 7) is 8.37. The number of carbonyl (C=O) groups excluding carboxylic acids is 1. The van der Waals surface area contributed by atoms with Crippen LogP contribution < -0.4 is 11.3 Å². The third-order valence-corrected chi connectivity index (χ3v) is 6.57. The van der Waals surface area contributed by atoms with Crippen molar-refractivity contribution in [3.05, 3.63) is 56.9 Å². The van der Waals surface area contributed by atoms with E-state index in [0.29, 0.717) is 17.9 Å². The van der Waals surface area contributed by atoms with Crippen molar-refractivity contribution in [1.82, 2.24) is 9.55 Å². The number of rotatable bonds is 2. The van der Waals surface area contributed by atoms with Gasteiger partial charge < -0.3 is 20.1 Å². The van der Waals surface area contributed by atoms with Crippen LogP contribution in [0.15, 0.2) is 29.1 Å². The number of benzene rings is 1. The molecule has 0 amide bonds. The summed E-state index contributed by atoms with van der Waals surface area (Å²) < 4.78 is 6.78. The van der Waals surface area contributed by atoms with Crippen LogP contribution in [0.2, 0.25) is 0 Å². The maximum Gasteiger partial charge on any atom is 0.343 e. The number of nitrogen functional groups attached to an aromatic ring is 1. The zero-order valence-corrected chi connectivity index (χ0v) is 18.8. The van der Waals surface area contributed by atoms with E-state index in [1.54, 1.807) is 11.5 Å². The number of fused-ring (bicyclic) bond motifs is 5. The fourth-order valence-electron chi connectivity index (χ4n) is 5.07. The van der Waals surface area contributed by atoms with Crippen LogP contribution in [-0.2, 0) is 34.7 Å². The van der Waals surface area contributed by atoms with Gasteiger partial charge in [0, 0.05) is 16.5 Å². The minimum atomic E-state index is -1.94. The predicted molar refractivity (Wildman–Crippen MR) is 122 cm³/mol. The lowest BCUT2D eigenvalue weighted by atomic mass is 9.83. The zero-order chi connectivity index (χ0) is 23.0. The standard InChI is InChI=1S/C25H27N3O4/c1-5-25(31)18-16(12-32-23(25)30)22(29)28-11-15-14(10-24(2,3)4)13-8-6-7-9-17(13)27-20(15)21(28)19(18)26/h6-9,31H,5,10-12,26H2,1-4H3/t25-/m0/s1. The van der Waals surface area contributed by atoms with E-state index in [-0.39, 0.29) is 40.8 Å². The number of nitrogens with zero attached hydrogens (tertiary/aromatic N) is 2. The van der Waals surface area contributed by atoms with Gasteiger partial charge in [-0.1, -0.05) is 45.9 Å². The molecule has 166 valence electrons. The van der Waals surface area contributed by atoms with E-state index in [2.05, 4.69) is 26.8 Å². The van der Waals surface area contributed by atoms with Gasteiger partial charge in [0.2, 0.25) is 0 Å². The molecule has 0 aliphatic carbocycles. The number of anilines is 1. The number of aliphatic hydroxyl groups is 1. The minimum absolute atomic E-state index is 0.0190. The van der Waals surface area contributed by atoms with Gasteiger partial charge in [0.05, 0.1) is 34.7 Å². The SMILES string of the molecule is CC[C@@]1(O)C(=O)OCc2c1c(N)c1n(c2=O)Cc2c-1nc1ccccc1c2CC(C)(C)C. The van der Waals surface area contributed by atoms with E-state index in [0.717, 1.165) is 28.5 Å². The summed E-state index contributed by atoms with van der Waals surface area (Å²) in [7, 11) is 0. The summed E-state index contributed by atoms with van der Waals surface area (Å²) in [5, 5.41) is 12.2. The van der Waals surface area contributed by atoms with Crippen LogP contribution in [-0.4, -0.2) is 20.6 Å². The number of carbonyl (C=O) groups is 1. The van der Waals surface area contributed by atoms with Crippen molar-refractivity contribution in [2.75, 3.05) is 5.73 Å². The quantitative estimate of drug-likeness (QED) is 0.470. The second kappa shape index (κ2) is 6.65. The zero-order valence-electron chi connectivity index (χ0n) is 18.8. The molecular weight excluding hydrogens is 406 g/mol. The number of esters is 1. The van der Waals surface area contributed by atoms with E-state index in [4.69, 9.17) is 15.5 Å². The van der Waals surface area contributed by atoms with Crippen LogP contribution in [0.4, 0.5) is 5.69 Å². The van der Waals surface area contributed by atoms with Crippen molar-refractivity contribution in [2.45, 2.75) is 59.3 Å². The molecule has 2 aromatic heterocycles. The third kappa shape index (κ3) is 2.73. The summed E-state index contributed by atoms with van der Waals surface area (Å²) >= 11 is 0. The minimum Gasteiger partial charge on any atom is -0.458 e. The van der Waals surface area contributed by atoms with Crippen molar-refractivity contribution in [1.29, 1.82) is 0 Å². The lowest BCUT2D eigenvalue weighted by Crippen LogP contribution is -2.45. The molecule has 7 heteroatoms. The van der Waals surface area contributed by atoms with Crippen LogP contribution in [0.1, 0.15) is 56.4 Å². The van der Waals surface area contributed by atoms with E-state index in [1.165, 1.54) is 0 Å². The molecule has 0 saturated carbocycles. The molecule has 32 heavy (non-hydrogen) atoms. The number of aromatic nitrogens is 2. The summed E-state index contributed by atoms with van der Waals surface area (Å²) in [5.74, 6) is -0.776. The Labute approximate surface area is 185 Å². The average molecular weight is 434 g/mol. The molecule has 0 saturated heterocycles. The molecule has 2 aliphatic rings. The molecule has 0 unspecified atom stereocenters. The molecule has 0 spiro atoms. The monoisotopic (exact) mass is 433 g/mol. The normalized spacial score (nSPS) is 19.5. The van der Waals surface area contributed by atoms with Crippen molar-refractivity contribution in [2.24, 2.45) is 5.41 Å². The van der Waals surface area contributed by atoms with Crippen molar-refractivity contribution < 1.29 is 14.6 Å². The fourth-order valence-corrected chi connectivity index (χ4v) is 5.07. The molecule has 4 heterocycles. The number of cyclic esters (lactones) is 1. The maximum absolute atomic E-state index is 13.5. The Morgan fingerprint density at radius 3 is 2.62 bits per heavy atom. The van der Waals surface area contributed by atoms with Crippen molar-refractivity contribution >= 4 is 22.6 Å². The number of ether oxygens (including phenoxy) is 1. The highest BCUT2D eigenvalue weighted by Gasteiger charge is 2.47. The fraction of sp³-hybridized carbons (Fsp3) is 0.400. The van der Waals surface area contributed by atoms with Crippen LogP contribution in [0.25, 0.3) is 22.3 Å². The highest BCUT2D eigenvalue weighted by atomic mass is 16.6. The van der Waals surface area contributed by atoms with E-state index in [1.807, 2.05) is 18.2 Å². The molecule has 2 aliphatic heterocycles. The van der Waals surface area contributed by atoms with Gasteiger partial charge in [0.1, 0.15) is 6.61 Å². The van der Waals surface area contributed by atoms with Gasteiger partial charge >= 0.3 is 5.97 Å². The first-order chi connectivity index (χ1) is 15.1. The van der Waals surface area contributed by atoms with Gasteiger partial charge in [-0.05, 0) is 29.9 Å². The molecule has 3 N–H and O–H groups in total. The molecule has 0 fully saturated rings. The summed E-state index contributed by atoms with van der Waals surface area (Å²) in [6.07, 6.45) is 0.862. The van der Waals surface area contributed by atoms with Gasteiger partial charge in [-0.15, -0.1) is 0 Å². The van der Waals surface area contributed by atoms with E-state index in [9.17, 15) is 14.7 Å². The second-order valence-electron chi connectivity index (χ2n) is 9.97. The summed E-state index contributed by atoms with van der Waals surface area (Å²) in [5.41, 5.74) is 9.10. The lowest BCUT2D eigenvalue weighted by molar-refractivity contribution is -0.172. The number of hydrogen-bond donors (Lipinski definition) is 2. The van der Waals surface area contributed by atoms with Crippen LogP contribution in [0, 0.1) is 5.41 Å². The van der Waals surface area contributed by atoms with Crippen molar-refractivity contribution in [3.8, 4) is 11.4 Å². The first kappa shape index (κ1) is 20.7. The third-order valence-electron chi connectivity index (χ3n) is 6.57. The van der Waals surface area contributed by atoms with Gasteiger partial charge in [-0.25, -0.2) is 9.78 Å². The number of pyridine rings is 2. The first-order valence-electron chi connectivity index (χ1n) is 10.9. The van der Waals surface area contributed by atoms with Gasteiger partial charge in [-0.2, -0.15) is 0 Å². The molecule has 1 atom stereocenters. The highest BCUT2D eigenvalue weighted by molar-refractivity contribution is 5.93. The van der Waals surface area contributed by atoms with Crippen LogP contribution in [0.5, 0.6) is 0 Å². The van der Waals surface area contributed by atoms with Gasteiger partial charge in [-0.3, -0.25) is 4.79 Å². The number of nitrogens with two attached hydrogens (primary N) is 1. The molecule has 0 bridgehead atoms. The van der Waals surface area contributed by atoms with Crippen molar-refractivity contribution in [3.63, 3.8) is 0 Å². The smallest absolute Gasteiger partial charge is 0.343 e. The topological polar surface area (TPSA) is 107 Å².